The van der Waals surface area contributed by atoms with Gasteiger partial charge in [-0.1, -0.05) is 11.6 Å². The lowest BCUT2D eigenvalue weighted by atomic mass is 10.0. The van der Waals surface area contributed by atoms with Gasteiger partial charge >= 0.3 is 11.8 Å². The third-order valence-corrected chi connectivity index (χ3v) is 6.23. The van der Waals surface area contributed by atoms with Crippen LogP contribution in [0.25, 0.3) is 0 Å². The van der Waals surface area contributed by atoms with Gasteiger partial charge in [-0.05, 0) is 51.0 Å². The number of nitrogens with one attached hydrogen (secondary N) is 2. The Morgan fingerprint density at radius 2 is 1.92 bits per heavy atom. The van der Waals surface area contributed by atoms with E-state index in [2.05, 4.69) is 10.6 Å². The number of fused-ring (bicyclic) bond motifs is 1. The highest BCUT2D eigenvalue weighted by Gasteiger charge is 2.29. The second-order valence-corrected chi connectivity index (χ2v) is 10.3. The van der Waals surface area contributed by atoms with Crippen LogP contribution in [0.15, 0.2) is 30.3 Å². The minimum Gasteiger partial charge on any atom is -0.483 e. The fourth-order valence-electron chi connectivity index (χ4n) is 4.15. The van der Waals surface area contributed by atoms with Gasteiger partial charge < -0.3 is 25.0 Å². The number of piperidine rings is 1. The average Bonchev–Trinajstić information content (AvgIpc) is 2.80. The maximum atomic E-state index is 12.3. The predicted octanol–water partition coefficient (Wildman–Crippen LogP) is 5.65. The second kappa shape index (κ2) is 10.2. The molecule has 2 heterocycles. The Bertz CT molecular complexity index is 1190. The highest BCUT2D eigenvalue weighted by Crippen LogP contribution is 2.39. The monoisotopic (exact) mass is 516 g/mol. The van der Waals surface area contributed by atoms with Crippen molar-refractivity contribution in [2.45, 2.75) is 58.2 Å². The fraction of sp³-hybridized carbons (Fsp3) is 0.440. The van der Waals surface area contributed by atoms with Crippen LogP contribution in [-0.2, 0) is 16.0 Å². The summed E-state index contributed by atoms with van der Waals surface area (Å²) in [6.07, 6.45) is 1.38. The standard InChI is InChI=1S/C25H29ClN4O6/c1-25(2,3)36-24(32)29-10-8-17(9-11-29)35-22-14-20(18(26)13-21(22)30(33)34)27-16-5-6-19-15(12-16)4-7-23(31)28-19/h5-6,12-14,17,27H,4,7-11H2,1-3H3,(H,28,31). The summed E-state index contributed by atoms with van der Waals surface area (Å²) in [4.78, 5) is 36.7. The molecule has 1 saturated heterocycles. The number of hydrogen-bond donors (Lipinski definition) is 2. The Labute approximate surface area is 214 Å². The number of nitro groups is 1. The number of carbonyl (C=O) groups is 2. The van der Waals surface area contributed by atoms with Crippen LogP contribution >= 0.6 is 11.6 Å². The zero-order valence-electron chi connectivity index (χ0n) is 20.4. The van der Waals surface area contributed by atoms with Crippen LogP contribution in [0.4, 0.5) is 27.5 Å². The number of amides is 2. The highest BCUT2D eigenvalue weighted by molar-refractivity contribution is 6.33. The first-order valence-corrected chi connectivity index (χ1v) is 12.2. The molecule has 0 bridgehead atoms. The zero-order valence-corrected chi connectivity index (χ0v) is 21.2. The van der Waals surface area contributed by atoms with Gasteiger partial charge in [0.25, 0.3) is 0 Å². The van der Waals surface area contributed by atoms with Gasteiger partial charge in [0.1, 0.15) is 11.7 Å². The first kappa shape index (κ1) is 25.6. The van der Waals surface area contributed by atoms with E-state index in [0.29, 0.717) is 44.5 Å². The van der Waals surface area contributed by atoms with Crippen molar-refractivity contribution in [2.24, 2.45) is 0 Å². The summed E-state index contributed by atoms with van der Waals surface area (Å²) in [5.41, 5.74) is 2.15. The number of hydrogen-bond acceptors (Lipinski definition) is 7. The number of anilines is 3. The maximum absolute atomic E-state index is 12.3. The van der Waals surface area contributed by atoms with Crippen LogP contribution in [-0.4, -0.2) is 46.6 Å². The Balaban J connectivity index is 1.48. The number of nitro benzene ring substituents is 1. The molecule has 2 aromatic rings. The Morgan fingerprint density at radius 3 is 2.58 bits per heavy atom. The van der Waals surface area contributed by atoms with Crippen LogP contribution in [0.5, 0.6) is 5.75 Å². The lowest BCUT2D eigenvalue weighted by molar-refractivity contribution is -0.386. The van der Waals surface area contributed by atoms with E-state index < -0.39 is 10.5 Å². The molecule has 2 aliphatic heterocycles. The Hall–Kier alpha value is -3.53. The van der Waals surface area contributed by atoms with Gasteiger partial charge in [0.05, 0.1) is 15.6 Å². The summed E-state index contributed by atoms with van der Waals surface area (Å²) in [6.45, 7) is 6.30. The number of aryl methyl sites for hydroxylation is 1. The molecular weight excluding hydrogens is 488 g/mol. The normalized spacial score (nSPS) is 16.1. The summed E-state index contributed by atoms with van der Waals surface area (Å²) in [6, 6.07) is 8.33. The molecule has 0 radical (unpaired) electrons. The lowest BCUT2D eigenvalue weighted by Crippen LogP contribution is -2.44. The molecule has 10 nitrogen and oxygen atoms in total. The molecule has 0 atom stereocenters. The third-order valence-electron chi connectivity index (χ3n) is 5.91. The summed E-state index contributed by atoms with van der Waals surface area (Å²) in [7, 11) is 0. The van der Waals surface area contributed by atoms with Crippen LogP contribution in [0.1, 0.15) is 45.6 Å². The number of rotatable bonds is 5. The molecule has 2 amide bonds. The largest absolute Gasteiger partial charge is 0.483 e. The highest BCUT2D eigenvalue weighted by atomic mass is 35.5. The molecule has 1 fully saturated rings. The number of benzene rings is 2. The number of nitrogens with zero attached hydrogens (tertiary/aromatic N) is 2. The Morgan fingerprint density at radius 1 is 1.19 bits per heavy atom. The van der Waals surface area contributed by atoms with Crippen LogP contribution in [0, 0.1) is 10.1 Å². The molecule has 0 spiro atoms. The van der Waals surface area contributed by atoms with Crippen molar-refractivity contribution in [3.05, 3.63) is 51.0 Å². The molecular formula is C25H29ClN4O6. The van der Waals surface area contributed by atoms with E-state index in [9.17, 15) is 19.7 Å². The average molecular weight is 517 g/mol. The quantitative estimate of drug-likeness (QED) is 0.388. The molecule has 0 aromatic heterocycles. The van der Waals surface area contributed by atoms with Crippen molar-refractivity contribution < 1.29 is 24.0 Å². The van der Waals surface area contributed by atoms with E-state index in [-0.39, 0.29) is 34.6 Å². The van der Waals surface area contributed by atoms with Crippen molar-refractivity contribution in [2.75, 3.05) is 23.7 Å². The topological polar surface area (TPSA) is 123 Å². The van der Waals surface area contributed by atoms with Gasteiger partial charge in [-0.15, -0.1) is 0 Å². The minimum absolute atomic E-state index is 0.0136. The van der Waals surface area contributed by atoms with Gasteiger partial charge in [-0.25, -0.2) is 4.79 Å². The number of carbonyl (C=O) groups excluding carboxylic acids is 2. The summed E-state index contributed by atoms with van der Waals surface area (Å²) in [5.74, 6) is 0.0909. The molecule has 36 heavy (non-hydrogen) atoms. The molecule has 2 N–H and O–H groups in total. The molecule has 4 rings (SSSR count). The molecule has 192 valence electrons. The van der Waals surface area contributed by atoms with Crippen LogP contribution in [0.2, 0.25) is 5.02 Å². The van der Waals surface area contributed by atoms with Crippen molar-refractivity contribution in [1.82, 2.24) is 4.90 Å². The van der Waals surface area contributed by atoms with E-state index in [1.54, 1.807) is 11.0 Å². The molecule has 11 heteroatoms. The van der Waals surface area contributed by atoms with Crippen molar-refractivity contribution in [3.63, 3.8) is 0 Å². The van der Waals surface area contributed by atoms with E-state index in [1.807, 2.05) is 32.9 Å². The van der Waals surface area contributed by atoms with E-state index in [0.717, 1.165) is 16.9 Å². The first-order valence-electron chi connectivity index (χ1n) is 11.8. The lowest BCUT2D eigenvalue weighted by Gasteiger charge is -2.33. The van der Waals surface area contributed by atoms with Gasteiger partial charge in [-0.3, -0.25) is 14.9 Å². The van der Waals surface area contributed by atoms with E-state index in [1.165, 1.54) is 12.1 Å². The molecule has 2 aromatic carbocycles. The van der Waals surface area contributed by atoms with Gasteiger partial charge in [-0.2, -0.15) is 0 Å². The van der Waals surface area contributed by atoms with Crippen molar-refractivity contribution in [3.8, 4) is 5.75 Å². The molecule has 2 aliphatic rings. The van der Waals surface area contributed by atoms with Crippen LogP contribution < -0.4 is 15.4 Å². The summed E-state index contributed by atoms with van der Waals surface area (Å²) in [5, 5.41) is 17.9. The van der Waals surface area contributed by atoms with Crippen LogP contribution in [0.3, 0.4) is 0 Å². The Kier molecular flexibility index (Phi) is 7.26. The van der Waals surface area contributed by atoms with Gasteiger partial charge in [0.15, 0.2) is 5.75 Å². The smallest absolute Gasteiger partial charge is 0.410 e. The maximum Gasteiger partial charge on any atom is 0.410 e. The van der Waals surface area contributed by atoms with Gasteiger partial charge in [0, 0.05) is 55.9 Å². The minimum atomic E-state index is -0.580. The fourth-order valence-corrected chi connectivity index (χ4v) is 4.36. The third kappa shape index (κ3) is 6.17. The zero-order chi connectivity index (χ0) is 26.0. The first-order chi connectivity index (χ1) is 17.0. The second-order valence-electron chi connectivity index (χ2n) is 9.89. The molecule has 0 aliphatic carbocycles. The SMILES string of the molecule is CC(C)(C)OC(=O)N1CCC(Oc2cc(Nc3ccc4c(c3)CCC(=O)N4)c(Cl)cc2[N+](=O)[O-])CC1. The van der Waals surface area contributed by atoms with E-state index in [4.69, 9.17) is 21.1 Å². The molecule has 0 unspecified atom stereocenters. The predicted molar refractivity (Wildman–Crippen MR) is 136 cm³/mol. The summed E-state index contributed by atoms with van der Waals surface area (Å²) < 4.78 is 11.5. The summed E-state index contributed by atoms with van der Waals surface area (Å²) >= 11 is 6.37. The number of likely N-dealkylation sites (tertiary alicyclic amines) is 1. The van der Waals surface area contributed by atoms with Gasteiger partial charge in [0.2, 0.25) is 5.91 Å². The van der Waals surface area contributed by atoms with Crippen molar-refractivity contribution >= 4 is 46.4 Å². The van der Waals surface area contributed by atoms with Crippen molar-refractivity contribution in [1.29, 1.82) is 0 Å². The number of ether oxygens (including phenoxy) is 2. The molecule has 0 saturated carbocycles. The number of halogens is 1. The van der Waals surface area contributed by atoms with E-state index >= 15 is 0 Å².